The van der Waals surface area contributed by atoms with E-state index in [1.54, 1.807) is 7.11 Å². The van der Waals surface area contributed by atoms with Crippen LogP contribution in [0.4, 0.5) is 0 Å². The van der Waals surface area contributed by atoms with Gasteiger partial charge in [-0.3, -0.25) is 0 Å². The molecule has 1 rings (SSSR count). The van der Waals surface area contributed by atoms with E-state index in [1.807, 2.05) is 6.20 Å². The Balaban J connectivity index is 2.67. The SMILES string of the molecule is CCCn1ccnc1CC(NCC)C(C)OC. The summed E-state index contributed by atoms with van der Waals surface area (Å²) >= 11 is 0. The lowest BCUT2D eigenvalue weighted by atomic mass is 10.1. The van der Waals surface area contributed by atoms with Crippen molar-refractivity contribution in [3.8, 4) is 0 Å². The molecule has 0 bridgehead atoms. The van der Waals surface area contributed by atoms with Crippen molar-refractivity contribution >= 4 is 0 Å². The fourth-order valence-electron chi connectivity index (χ4n) is 2.00. The maximum atomic E-state index is 5.41. The Morgan fingerprint density at radius 1 is 1.47 bits per heavy atom. The van der Waals surface area contributed by atoms with Gasteiger partial charge in [-0.25, -0.2) is 4.98 Å². The summed E-state index contributed by atoms with van der Waals surface area (Å²) in [6.45, 7) is 8.39. The quantitative estimate of drug-likeness (QED) is 0.752. The molecule has 0 saturated heterocycles. The predicted molar refractivity (Wildman–Crippen MR) is 70.2 cm³/mol. The number of aryl methyl sites for hydroxylation is 1. The van der Waals surface area contributed by atoms with Crippen molar-refractivity contribution in [3.63, 3.8) is 0 Å². The van der Waals surface area contributed by atoms with E-state index >= 15 is 0 Å². The Morgan fingerprint density at radius 2 is 2.24 bits per heavy atom. The Morgan fingerprint density at radius 3 is 2.82 bits per heavy atom. The topological polar surface area (TPSA) is 39.1 Å². The van der Waals surface area contributed by atoms with Crippen molar-refractivity contribution in [3.05, 3.63) is 18.2 Å². The molecule has 0 amide bonds. The fourth-order valence-corrected chi connectivity index (χ4v) is 2.00. The zero-order chi connectivity index (χ0) is 12.7. The van der Waals surface area contributed by atoms with Crippen LogP contribution in [0, 0.1) is 0 Å². The largest absolute Gasteiger partial charge is 0.380 e. The maximum absolute atomic E-state index is 5.41. The smallest absolute Gasteiger partial charge is 0.110 e. The van der Waals surface area contributed by atoms with Crippen LogP contribution in [-0.2, 0) is 17.7 Å². The van der Waals surface area contributed by atoms with Crippen molar-refractivity contribution in [1.29, 1.82) is 0 Å². The van der Waals surface area contributed by atoms with Crippen molar-refractivity contribution in [2.24, 2.45) is 0 Å². The van der Waals surface area contributed by atoms with Gasteiger partial charge in [-0.2, -0.15) is 0 Å². The van der Waals surface area contributed by atoms with Crippen LogP contribution >= 0.6 is 0 Å². The number of ether oxygens (including phenoxy) is 1. The summed E-state index contributed by atoms with van der Waals surface area (Å²) in [5.41, 5.74) is 0. The van der Waals surface area contributed by atoms with E-state index in [0.717, 1.165) is 31.8 Å². The number of imidazole rings is 1. The zero-order valence-electron chi connectivity index (χ0n) is 11.4. The summed E-state index contributed by atoms with van der Waals surface area (Å²) in [5.74, 6) is 1.14. The fraction of sp³-hybridized carbons (Fsp3) is 0.769. The molecule has 0 aliphatic carbocycles. The van der Waals surface area contributed by atoms with Crippen molar-refractivity contribution in [2.45, 2.75) is 52.3 Å². The molecule has 17 heavy (non-hydrogen) atoms. The lowest BCUT2D eigenvalue weighted by molar-refractivity contribution is 0.0826. The first kappa shape index (κ1) is 14.2. The highest BCUT2D eigenvalue weighted by Gasteiger charge is 2.18. The second-order valence-electron chi connectivity index (χ2n) is 4.35. The minimum absolute atomic E-state index is 0.196. The van der Waals surface area contributed by atoms with Gasteiger partial charge >= 0.3 is 0 Å². The molecule has 0 fully saturated rings. The molecule has 4 heteroatoms. The van der Waals surface area contributed by atoms with Gasteiger partial charge in [0.1, 0.15) is 5.82 Å². The third-order valence-corrected chi connectivity index (χ3v) is 3.07. The molecule has 2 atom stereocenters. The summed E-state index contributed by atoms with van der Waals surface area (Å²) in [4.78, 5) is 4.44. The number of hydrogen-bond acceptors (Lipinski definition) is 3. The molecule has 98 valence electrons. The van der Waals surface area contributed by atoms with E-state index in [9.17, 15) is 0 Å². The second kappa shape index (κ2) is 7.45. The highest BCUT2D eigenvalue weighted by molar-refractivity contribution is 4.97. The molecule has 1 aromatic rings. The van der Waals surface area contributed by atoms with Gasteiger partial charge in [0.2, 0.25) is 0 Å². The van der Waals surface area contributed by atoms with Gasteiger partial charge in [-0.1, -0.05) is 13.8 Å². The van der Waals surface area contributed by atoms with E-state index in [2.05, 4.69) is 41.8 Å². The third kappa shape index (κ3) is 4.13. The molecular weight excluding hydrogens is 214 g/mol. The third-order valence-electron chi connectivity index (χ3n) is 3.07. The normalized spacial score (nSPS) is 14.8. The van der Waals surface area contributed by atoms with Gasteiger partial charge < -0.3 is 14.6 Å². The molecule has 1 heterocycles. The number of nitrogens with zero attached hydrogens (tertiary/aromatic N) is 2. The van der Waals surface area contributed by atoms with E-state index < -0.39 is 0 Å². The molecule has 0 aliphatic rings. The molecule has 0 saturated carbocycles. The van der Waals surface area contributed by atoms with Crippen LogP contribution in [0.25, 0.3) is 0 Å². The van der Waals surface area contributed by atoms with Crippen LogP contribution in [0.1, 0.15) is 33.0 Å². The lowest BCUT2D eigenvalue weighted by Gasteiger charge is -2.23. The van der Waals surface area contributed by atoms with E-state index in [0.29, 0.717) is 6.04 Å². The number of rotatable bonds is 8. The van der Waals surface area contributed by atoms with Crippen LogP contribution in [-0.4, -0.2) is 35.4 Å². The number of hydrogen-bond donors (Lipinski definition) is 1. The second-order valence-corrected chi connectivity index (χ2v) is 4.35. The average molecular weight is 239 g/mol. The standard InChI is InChI=1S/C13H25N3O/c1-5-8-16-9-7-15-13(16)10-12(14-6-2)11(3)17-4/h7,9,11-12,14H,5-6,8,10H2,1-4H3. The summed E-state index contributed by atoms with van der Waals surface area (Å²) in [6, 6.07) is 0.322. The molecule has 4 nitrogen and oxygen atoms in total. The summed E-state index contributed by atoms with van der Waals surface area (Å²) < 4.78 is 7.64. The van der Waals surface area contributed by atoms with E-state index in [4.69, 9.17) is 4.74 Å². The first-order valence-corrected chi connectivity index (χ1v) is 6.49. The van der Waals surface area contributed by atoms with Crippen molar-refractivity contribution in [2.75, 3.05) is 13.7 Å². The Labute approximate surface area is 104 Å². The molecule has 1 aromatic heterocycles. The first-order valence-electron chi connectivity index (χ1n) is 6.49. The molecule has 0 aliphatic heterocycles. The lowest BCUT2D eigenvalue weighted by Crippen LogP contribution is -2.41. The van der Waals surface area contributed by atoms with Crippen molar-refractivity contribution in [1.82, 2.24) is 14.9 Å². The average Bonchev–Trinajstić information content (AvgIpc) is 2.76. The Hall–Kier alpha value is -0.870. The minimum atomic E-state index is 0.196. The van der Waals surface area contributed by atoms with Crippen LogP contribution in [0.3, 0.4) is 0 Å². The van der Waals surface area contributed by atoms with Crippen molar-refractivity contribution < 1.29 is 4.74 Å². The van der Waals surface area contributed by atoms with Crippen LogP contribution < -0.4 is 5.32 Å². The van der Waals surface area contributed by atoms with Gasteiger partial charge in [0.25, 0.3) is 0 Å². The monoisotopic (exact) mass is 239 g/mol. The van der Waals surface area contributed by atoms with Gasteiger partial charge in [-0.05, 0) is 19.9 Å². The van der Waals surface area contributed by atoms with E-state index in [1.165, 1.54) is 0 Å². The van der Waals surface area contributed by atoms with Crippen LogP contribution in [0.2, 0.25) is 0 Å². The number of aromatic nitrogens is 2. The Kier molecular flexibility index (Phi) is 6.22. The van der Waals surface area contributed by atoms with Crippen LogP contribution in [0.15, 0.2) is 12.4 Å². The van der Waals surface area contributed by atoms with Gasteiger partial charge in [0, 0.05) is 38.5 Å². The van der Waals surface area contributed by atoms with Crippen LogP contribution in [0.5, 0.6) is 0 Å². The van der Waals surface area contributed by atoms with Gasteiger partial charge in [0.15, 0.2) is 0 Å². The number of methoxy groups -OCH3 is 1. The molecule has 0 aromatic carbocycles. The summed E-state index contributed by atoms with van der Waals surface area (Å²) in [5, 5.41) is 3.46. The summed E-state index contributed by atoms with van der Waals surface area (Å²) in [6.07, 6.45) is 6.18. The number of nitrogens with one attached hydrogen (secondary N) is 1. The molecular formula is C13H25N3O. The van der Waals surface area contributed by atoms with Gasteiger partial charge in [0.05, 0.1) is 6.10 Å². The Bertz CT molecular complexity index is 311. The highest BCUT2D eigenvalue weighted by atomic mass is 16.5. The minimum Gasteiger partial charge on any atom is -0.380 e. The zero-order valence-corrected chi connectivity index (χ0v) is 11.4. The predicted octanol–water partition coefficient (Wildman–Crippen LogP) is 1.85. The van der Waals surface area contributed by atoms with Gasteiger partial charge in [-0.15, -0.1) is 0 Å². The molecule has 0 spiro atoms. The number of likely N-dealkylation sites (N-methyl/N-ethyl adjacent to an activating group) is 1. The first-order chi connectivity index (χ1) is 8.22. The molecule has 0 radical (unpaired) electrons. The highest BCUT2D eigenvalue weighted by Crippen LogP contribution is 2.07. The molecule has 2 unspecified atom stereocenters. The summed E-state index contributed by atoms with van der Waals surface area (Å²) in [7, 11) is 1.76. The maximum Gasteiger partial charge on any atom is 0.110 e. The van der Waals surface area contributed by atoms with E-state index in [-0.39, 0.29) is 6.10 Å². The molecule has 1 N–H and O–H groups in total.